The van der Waals surface area contributed by atoms with Crippen molar-refractivity contribution in [2.75, 3.05) is 13.0 Å². The van der Waals surface area contributed by atoms with Gasteiger partial charge in [0.2, 0.25) is 0 Å². The molecule has 0 aliphatic carbocycles. The van der Waals surface area contributed by atoms with Crippen molar-refractivity contribution in [2.24, 2.45) is 0 Å². The van der Waals surface area contributed by atoms with E-state index in [9.17, 15) is 9.59 Å². The molecule has 0 saturated heterocycles. The molecule has 4 nitrogen and oxygen atoms in total. The summed E-state index contributed by atoms with van der Waals surface area (Å²) in [4.78, 5) is 22.6. The number of esters is 1. The molecule has 0 N–H and O–H groups in total. The SMILES string of the molecule is COC(=O)CCn1c(C)cc(C(=O)CCl)c1C. The molecule has 0 radical (unpaired) electrons. The third-order valence-corrected chi connectivity index (χ3v) is 3.01. The summed E-state index contributed by atoms with van der Waals surface area (Å²) in [5.41, 5.74) is 2.42. The standard InChI is InChI=1S/C12H16ClNO3/c1-8-6-10(11(15)7-13)9(2)14(8)5-4-12(16)17-3/h6H,4-5,7H2,1-3H3. The fourth-order valence-electron chi connectivity index (χ4n) is 1.80. The lowest BCUT2D eigenvalue weighted by molar-refractivity contribution is -0.140. The second-order valence-corrected chi connectivity index (χ2v) is 4.09. The molecule has 0 atom stereocenters. The number of carbonyl (C=O) groups is 2. The Balaban J connectivity index is 2.90. The number of hydrogen-bond donors (Lipinski definition) is 0. The molecule has 0 aromatic carbocycles. The Morgan fingerprint density at radius 1 is 1.41 bits per heavy atom. The van der Waals surface area contributed by atoms with Crippen LogP contribution < -0.4 is 0 Å². The Morgan fingerprint density at radius 3 is 2.59 bits per heavy atom. The van der Waals surface area contributed by atoms with E-state index in [1.54, 1.807) is 6.07 Å². The topological polar surface area (TPSA) is 48.3 Å². The lowest BCUT2D eigenvalue weighted by atomic mass is 10.2. The number of ketones is 1. The summed E-state index contributed by atoms with van der Waals surface area (Å²) in [6, 6.07) is 1.80. The lowest BCUT2D eigenvalue weighted by Gasteiger charge is -2.08. The molecule has 0 unspecified atom stereocenters. The minimum Gasteiger partial charge on any atom is -0.469 e. The first-order chi connectivity index (χ1) is 8.01. The number of halogens is 1. The summed E-state index contributed by atoms with van der Waals surface area (Å²) in [6.45, 7) is 4.26. The second-order valence-electron chi connectivity index (χ2n) is 3.82. The number of carbonyl (C=O) groups excluding carboxylic acids is 2. The van der Waals surface area contributed by atoms with Crippen LogP contribution in [0.4, 0.5) is 0 Å². The molecule has 0 fully saturated rings. The van der Waals surface area contributed by atoms with E-state index in [2.05, 4.69) is 4.74 Å². The predicted octanol–water partition coefficient (Wildman–Crippen LogP) is 2.09. The molecule has 1 aromatic heterocycles. The van der Waals surface area contributed by atoms with Gasteiger partial charge in [-0.05, 0) is 19.9 Å². The van der Waals surface area contributed by atoms with Gasteiger partial charge in [0.1, 0.15) is 0 Å². The average Bonchev–Trinajstić information content (AvgIpc) is 2.61. The average molecular weight is 258 g/mol. The Morgan fingerprint density at radius 2 is 2.06 bits per heavy atom. The molecule has 17 heavy (non-hydrogen) atoms. The van der Waals surface area contributed by atoms with Crippen molar-refractivity contribution >= 4 is 23.4 Å². The number of ether oxygens (including phenoxy) is 1. The molecule has 0 aliphatic rings. The molecule has 0 saturated carbocycles. The Labute approximate surface area is 106 Å². The van der Waals surface area contributed by atoms with Crippen LogP contribution in [0.1, 0.15) is 28.2 Å². The van der Waals surface area contributed by atoms with E-state index in [0.717, 1.165) is 11.4 Å². The normalized spacial score (nSPS) is 10.4. The second kappa shape index (κ2) is 5.87. The zero-order valence-electron chi connectivity index (χ0n) is 10.2. The van der Waals surface area contributed by atoms with Crippen molar-refractivity contribution in [1.82, 2.24) is 4.57 Å². The highest BCUT2D eigenvalue weighted by molar-refractivity contribution is 6.30. The fourth-order valence-corrected chi connectivity index (χ4v) is 1.95. The maximum Gasteiger partial charge on any atom is 0.307 e. The largest absolute Gasteiger partial charge is 0.469 e. The van der Waals surface area contributed by atoms with Gasteiger partial charge in [0.05, 0.1) is 19.4 Å². The van der Waals surface area contributed by atoms with E-state index in [1.165, 1.54) is 7.11 Å². The van der Waals surface area contributed by atoms with Gasteiger partial charge in [-0.15, -0.1) is 11.6 Å². The first-order valence-corrected chi connectivity index (χ1v) is 5.87. The van der Waals surface area contributed by atoms with E-state index < -0.39 is 0 Å². The summed E-state index contributed by atoms with van der Waals surface area (Å²) >= 11 is 5.54. The molecule has 5 heteroatoms. The Bertz CT molecular complexity index is 437. The monoisotopic (exact) mass is 257 g/mol. The highest BCUT2D eigenvalue weighted by atomic mass is 35.5. The van der Waals surface area contributed by atoms with Crippen LogP contribution in [0.25, 0.3) is 0 Å². The van der Waals surface area contributed by atoms with Crippen LogP contribution in [-0.4, -0.2) is 29.3 Å². The van der Waals surface area contributed by atoms with Crippen LogP contribution in [0.5, 0.6) is 0 Å². The van der Waals surface area contributed by atoms with E-state index in [1.807, 2.05) is 18.4 Å². The van der Waals surface area contributed by atoms with Crippen molar-refractivity contribution < 1.29 is 14.3 Å². The summed E-state index contributed by atoms with van der Waals surface area (Å²) in [5, 5.41) is 0. The molecule has 0 amide bonds. The molecule has 94 valence electrons. The summed E-state index contributed by atoms with van der Waals surface area (Å²) in [7, 11) is 1.36. The van der Waals surface area contributed by atoms with Gasteiger partial charge >= 0.3 is 5.97 Å². The van der Waals surface area contributed by atoms with Gasteiger partial charge in [0.15, 0.2) is 5.78 Å². The molecular formula is C12H16ClNO3. The molecule has 0 aliphatic heterocycles. The van der Waals surface area contributed by atoms with E-state index >= 15 is 0 Å². The maximum atomic E-state index is 11.6. The minimum absolute atomic E-state index is 0.0265. The van der Waals surface area contributed by atoms with Crippen LogP contribution in [0.15, 0.2) is 6.07 Å². The van der Waals surface area contributed by atoms with Crippen molar-refractivity contribution in [3.63, 3.8) is 0 Å². The van der Waals surface area contributed by atoms with E-state index in [-0.39, 0.29) is 17.6 Å². The molecular weight excluding hydrogens is 242 g/mol. The number of aryl methyl sites for hydroxylation is 1. The molecule has 1 heterocycles. The van der Waals surface area contributed by atoms with Crippen molar-refractivity contribution in [3.8, 4) is 0 Å². The first-order valence-electron chi connectivity index (χ1n) is 5.34. The van der Waals surface area contributed by atoms with Crippen LogP contribution in [0.3, 0.4) is 0 Å². The molecule has 0 bridgehead atoms. The number of hydrogen-bond acceptors (Lipinski definition) is 3. The number of Topliss-reactive ketones (excluding diaryl/α,β-unsaturated/α-hetero) is 1. The van der Waals surface area contributed by atoms with Gasteiger partial charge in [-0.25, -0.2) is 0 Å². The smallest absolute Gasteiger partial charge is 0.307 e. The maximum absolute atomic E-state index is 11.6. The van der Waals surface area contributed by atoms with E-state index in [0.29, 0.717) is 18.5 Å². The number of rotatable bonds is 5. The highest BCUT2D eigenvalue weighted by Crippen LogP contribution is 2.16. The van der Waals surface area contributed by atoms with E-state index in [4.69, 9.17) is 11.6 Å². The van der Waals surface area contributed by atoms with Crippen molar-refractivity contribution in [2.45, 2.75) is 26.8 Å². The van der Waals surface area contributed by atoms with Gasteiger partial charge in [0, 0.05) is 23.5 Å². The van der Waals surface area contributed by atoms with Crippen LogP contribution in [0, 0.1) is 13.8 Å². The number of alkyl halides is 1. The number of methoxy groups -OCH3 is 1. The first kappa shape index (κ1) is 13.8. The van der Waals surface area contributed by atoms with Crippen molar-refractivity contribution in [1.29, 1.82) is 0 Å². The van der Waals surface area contributed by atoms with Crippen LogP contribution in [0.2, 0.25) is 0 Å². The quantitative estimate of drug-likeness (QED) is 0.461. The Kier molecular flexibility index (Phi) is 4.75. The Hall–Kier alpha value is -1.29. The van der Waals surface area contributed by atoms with Gasteiger partial charge in [-0.3, -0.25) is 9.59 Å². The number of aromatic nitrogens is 1. The third-order valence-electron chi connectivity index (χ3n) is 2.76. The van der Waals surface area contributed by atoms with Crippen LogP contribution >= 0.6 is 11.6 Å². The van der Waals surface area contributed by atoms with Crippen LogP contribution in [-0.2, 0) is 16.1 Å². The summed E-state index contributed by atoms with van der Waals surface area (Å²) in [6.07, 6.45) is 0.293. The van der Waals surface area contributed by atoms with Gasteiger partial charge in [0.25, 0.3) is 0 Å². The predicted molar refractivity (Wildman–Crippen MR) is 65.6 cm³/mol. The highest BCUT2D eigenvalue weighted by Gasteiger charge is 2.15. The molecule has 0 spiro atoms. The van der Waals surface area contributed by atoms with Gasteiger partial charge in [-0.1, -0.05) is 0 Å². The molecule has 1 aromatic rings. The van der Waals surface area contributed by atoms with Gasteiger partial charge in [-0.2, -0.15) is 0 Å². The lowest BCUT2D eigenvalue weighted by Crippen LogP contribution is -2.10. The van der Waals surface area contributed by atoms with Crippen molar-refractivity contribution in [3.05, 3.63) is 23.0 Å². The third kappa shape index (κ3) is 3.09. The zero-order chi connectivity index (χ0) is 13.0. The van der Waals surface area contributed by atoms with Gasteiger partial charge < -0.3 is 9.30 Å². The summed E-state index contributed by atoms with van der Waals surface area (Å²) < 4.78 is 6.51. The number of nitrogens with zero attached hydrogens (tertiary/aromatic N) is 1. The minimum atomic E-state index is -0.261. The molecule has 1 rings (SSSR count). The summed E-state index contributed by atoms with van der Waals surface area (Å²) in [5.74, 6) is -0.381. The zero-order valence-corrected chi connectivity index (χ0v) is 11.0. The fraction of sp³-hybridized carbons (Fsp3) is 0.500.